The maximum absolute atomic E-state index is 11.4. The van der Waals surface area contributed by atoms with Gasteiger partial charge in [0.25, 0.3) is 0 Å². The third-order valence-electron chi connectivity index (χ3n) is 3.56. The van der Waals surface area contributed by atoms with Crippen molar-refractivity contribution in [3.05, 3.63) is 40.2 Å². The second-order valence-electron chi connectivity index (χ2n) is 5.41. The monoisotopic (exact) mass is 347 g/mol. The molecule has 2 rings (SSSR count). The van der Waals surface area contributed by atoms with Crippen LogP contribution in [0.2, 0.25) is 0 Å². The van der Waals surface area contributed by atoms with Crippen LogP contribution in [-0.2, 0) is 6.42 Å². The van der Waals surface area contributed by atoms with Crippen molar-refractivity contribution >= 4 is 17.3 Å². The number of aromatic nitrogens is 2. The summed E-state index contributed by atoms with van der Waals surface area (Å²) in [6, 6.07) is 5.62. The van der Waals surface area contributed by atoms with E-state index in [4.69, 9.17) is 9.47 Å². The maximum Gasteiger partial charge on any atom is 0.353 e. The van der Waals surface area contributed by atoms with Gasteiger partial charge in [0, 0.05) is 20.6 Å². The summed E-state index contributed by atoms with van der Waals surface area (Å²) < 4.78 is 10.5. The number of rotatable bonds is 8. The van der Waals surface area contributed by atoms with Gasteiger partial charge < -0.3 is 19.7 Å². The summed E-state index contributed by atoms with van der Waals surface area (Å²) in [7, 11) is 6.55. The second-order valence-corrected chi connectivity index (χ2v) is 5.41. The molecule has 0 fully saturated rings. The minimum atomic E-state index is -0.478. The molecule has 0 saturated carbocycles. The number of ether oxygens (including phenoxy) is 2. The van der Waals surface area contributed by atoms with Gasteiger partial charge in [-0.1, -0.05) is 6.07 Å². The Labute approximate surface area is 145 Å². The van der Waals surface area contributed by atoms with Gasteiger partial charge in [0.1, 0.15) is 6.33 Å². The lowest BCUT2D eigenvalue weighted by Crippen LogP contribution is -2.16. The van der Waals surface area contributed by atoms with Gasteiger partial charge in [-0.2, -0.15) is 0 Å². The zero-order chi connectivity index (χ0) is 18.4. The molecule has 0 amide bonds. The zero-order valence-electron chi connectivity index (χ0n) is 14.6. The lowest BCUT2D eigenvalue weighted by atomic mass is 10.1. The molecule has 1 aromatic carbocycles. The van der Waals surface area contributed by atoms with E-state index >= 15 is 0 Å². The highest BCUT2D eigenvalue weighted by Crippen LogP contribution is 2.31. The predicted molar refractivity (Wildman–Crippen MR) is 94.8 cm³/mol. The summed E-state index contributed by atoms with van der Waals surface area (Å²) in [5, 5.41) is 14.4. The van der Waals surface area contributed by atoms with Crippen molar-refractivity contribution in [1.29, 1.82) is 0 Å². The largest absolute Gasteiger partial charge is 0.493 e. The SMILES string of the molecule is COc1ccc(CCNc2ncnc(N(C)C)c2[N+](=O)[O-])cc1OC. The van der Waals surface area contributed by atoms with Gasteiger partial charge in [0.15, 0.2) is 11.5 Å². The quantitative estimate of drug-likeness (QED) is 0.572. The van der Waals surface area contributed by atoms with E-state index in [1.165, 1.54) is 6.33 Å². The highest BCUT2D eigenvalue weighted by atomic mass is 16.6. The molecule has 1 aromatic heterocycles. The number of methoxy groups -OCH3 is 2. The van der Waals surface area contributed by atoms with Crippen molar-refractivity contribution in [2.75, 3.05) is 45.1 Å². The Morgan fingerprint density at radius 2 is 1.92 bits per heavy atom. The first-order valence-electron chi connectivity index (χ1n) is 7.59. The topological polar surface area (TPSA) is 103 Å². The summed E-state index contributed by atoms with van der Waals surface area (Å²) >= 11 is 0. The Kier molecular flexibility index (Phi) is 5.93. The summed E-state index contributed by atoms with van der Waals surface area (Å²) in [6.07, 6.45) is 1.94. The highest BCUT2D eigenvalue weighted by molar-refractivity contribution is 5.69. The van der Waals surface area contributed by atoms with Crippen LogP contribution in [0.3, 0.4) is 0 Å². The van der Waals surface area contributed by atoms with Crippen LogP contribution in [0.15, 0.2) is 24.5 Å². The van der Waals surface area contributed by atoms with E-state index < -0.39 is 4.92 Å². The van der Waals surface area contributed by atoms with Crippen LogP contribution in [-0.4, -0.2) is 49.8 Å². The third-order valence-corrected chi connectivity index (χ3v) is 3.56. The van der Waals surface area contributed by atoms with Crippen LogP contribution in [0.5, 0.6) is 11.5 Å². The molecule has 0 aliphatic rings. The van der Waals surface area contributed by atoms with Crippen molar-refractivity contribution in [1.82, 2.24) is 9.97 Å². The lowest BCUT2D eigenvalue weighted by molar-refractivity contribution is -0.383. The summed E-state index contributed by atoms with van der Waals surface area (Å²) in [5.74, 6) is 1.75. The van der Waals surface area contributed by atoms with E-state index in [2.05, 4.69) is 15.3 Å². The van der Waals surface area contributed by atoms with Gasteiger partial charge >= 0.3 is 5.69 Å². The lowest BCUT2D eigenvalue weighted by Gasteiger charge is -2.13. The number of nitrogens with zero attached hydrogens (tertiary/aromatic N) is 4. The number of hydrogen-bond donors (Lipinski definition) is 1. The van der Waals surface area contributed by atoms with Crippen molar-refractivity contribution in [2.45, 2.75) is 6.42 Å². The van der Waals surface area contributed by atoms with Gasteiger partial charge in [-0.25, -0.2) is 9.97 Å². The van der Waals surface area contributed by atoms with Crippen LogP contribution in [0.4, 0.5) is 17.3 Å². The first-order chi connectivity index (χ1) is 12.0. The van der Waals surface area contributed by atoms with E-state index in [-0.39, 0.29) is 17.3 Å². The van der Waals surface area contributed by atoms with E-state index in [1.807, 2.05) is 18.2 Å². The van der Waals surface area contributed by atoms with Gasteiger partial charge in [0.05, 0.1) is 19.1 Å². The predicted octanol–water partition coefficient (Wildman–Crippen LogP) is 2.12. The molecule has 0 spiro atoms. The van der Waals surface area contributed by atoms with Crippen LogP contribution >= 0.6 is 0 Å². The Balaban J connectivity index is 2.12. The van der Waals surface area contributed by atoms with Gasteiger partial charge in [-0.3, -0.25) is 10.1 Å². The standard InChI is InChI=1S/C16H21N5O4/c1-20(2)16-14(21(22)23)15(18-10-19-16)17-8-7-11-5-6-12(24-3)13(9-11)25-4/h5-6,9-10H,7-8H2,1-4H3,(H,17,18,19). The molecule has 0 aliphatic heterocycles. The summed E-state index contributed by atoms with van der Waals surface area (Å²) in [6.45, 7) is 0.472. The molecule has 9 heteroatoms. The van der Waals surface area contributed by atoms with Crippen LogP contribution < -0.4 is 19.7 Å². The molecule has 9 nitrogen and oxygen atoms in total. The van der Waals surface area contributed by atoms with Crippen molar-refractivity contribution < 1.29 is 14.4 Å². The number of nitro groups is 1. The molecule has 25 heavy (non-hydrogen) atoms. The fraction of sp³-hybridized carbons (Fsp3) is 0.375. The third kappa shape index (κ3) is 4.25. The number of hydrogen-bond acceptors (Lipinski definition) is 8. The molecular weight excluding hydrogens is 326 g/mol. The average molecular weight is 347 g/mol. The first kappa shape index (κ1) is 18.2. The Hall–Kier alpha value is -3.10. The molecule has 0 atom stereocenters. The molecular formula is C16H21N5O4. The van der Waals surface area contributed by atoms with Gasteiger partial charge in [0.2, 0.25) is 11.6 Å². The molecule has 1 heterocycles. The first-order valence-corrected chi connectivity index (χ1v) is 7.59. The minimum absolute atomic E-state index is 0.139. The molecule has 134 valence electrons. The van der Waals surface area contributed by atoms with E-state index in [9.17, 15) is 10.1 Å². The van der Waals surface area contributed by atoms with Crippen molar-refractivity contribution in [2.24, 2.45) is 0 Å². The minimum Gasteiger partial charge on any atom is -0.493 e. The number of benzene rings is 1. The van der Waals surface area contributed by atoms with E-state index in [0.717, 1.165) is 5.56 Å². The molecule has 0 radical (unpaired) electrons. The average Bonchev–Trinajstić information content (AvgIpc) is 2.61. The van der Waals surface area contributed by atoms with Gasteiger partial charge in [-0.15, -0.1) is 0 Å². The second kappa shape index (κ2) is 8.13. The fourth-order valence-electron chi connectivity index (χ4n) is 2.36. The molecule has 0 saturated heterocycles. The zero-order valence-corrected chi connectivity index (χ0v) is 14.6. The molecule has 0 unspecified atom stereocenters. The van der Waals surface area contributed by atoms with E-state index in [0.29, 0.717) is 24.5 Å². The van der Waals surface area contributed by atoms with Crippen LogP contribution in [0.1, 0.15) is 5.56 Å². The van der Waals surface area contributed by atoms with Gasteiger partial charge in [-0.05, 0) is 24.1 Å². The Morgan fingerprint density at radius 1 is 1.20 bits per heavy atom. The smallest absolute Gasteiger partial charge is 0.353 e. The molecule has 0 aliphatic carbocycles. The van der Waals surface area contributed by atoms with Crippen molar-refractivity contribution in [3.8, 4) is 11.5 Å². The van der Waals surface area contributed by atoms with Crippen LogP contribution in [0, 0.1) is 10.1 Å². The van der Waals surface area contributed by atoms with E-state index in [1.54, 1.807) is 33.2 Å². The Morgan fingerprint density at radius 3 is 2.52 bits per heavy atom. The summed E-state index contributed by atoms with van der Waals surface area (Å²) in [4.78, 5) is 20.4. The number of nitrogens with one attached hydrogen (secondary N) is 1. The normalized spacial score (nSPS) is 10.2. The summed E-state index contributed by atoms with van der Waals surface area (Å²) in [5.41, 5.74) is 0.870. The maximum atomic E-state index is 11.4. The fourth-order valence-corrected chi connectivity index (χ4v) is 2.36. The molecule has 0 bridgehead atoms. The number of anilines is 2. The molecule has 1 N–H and O–H groups in total. The highest BCUT2D eigenvalue weighted by Gasteiger charge is 2.23. The van der Waals surface area contributed by atoms with Crippen molar-refractivity contribution in [3.63, 3.8) is 0 Å². The molecule has 2 aromatic rings. The Bertz CT molecular complexity index is 751. The van der Waals surface area contributed by atoms with Crippen LogP contribution in [0.25, 0.3) is 0 Å².